The van der Waals surface area contributed by atoms with Crippen molar-refractivity contribution in [3.63, 3.8) is 0 Å². The summed E-state index contributed by atoms with van der Waals surface area (Å²) in [7, 11) is -3.97. The molecule has 1 aromatic carbocycles. The highest BCUT2D eigenvalue weighted by Crippen LogP contribution is 2.47. The highest BCUT2D eigenvalue weighted by molar-refractivity contribution is 9.11. The van der Waals surface area contributed by atoms with Gasteiger partial charge in [-0.2, -0.15) is 0 Å². The topological polar surface area (TPSA) is 71.9 Å². The van der Waals surface area contributed by atoms with Gasteiger partial charge in [0.15, 0.2) is 0 Å². The number of hydrogen-bond acceptors (Lipinski definition) is 3. The molecule has 0 saturated carbocycles. The fourth-order valence-electron chi connectivity index (χ4n) is 3.87. The summed E-state index contributed by atoms with van der Waals surface area (Å²) < 4.78 is 28.6. The Balaban J connectivity index is 2.01. The minimum absolute atomic E-state index is 0.136. The fourth-order valence-corrected chi connectivity index (χ4v) is 6.53. The Bertz CT molecular complexity index is 1290. The number of nitrogens with one attached hydrogen (secondary N) is 1. The molecule has 28 heavy (non-hydrogen) atoms. The van der Waals surface area contributed by atoms with E-state index in [1.807, 2.05) is 49.4 Å². The zero-order valence-electron chi connectivity index (χ0n) is 15.4. The van der Waals surface area contributed by atoms with Crippen molar-refractivity contribution in [3.8, 4) is 0 Å². The normalized spacial score (nSPS) is 22.8. The van der Waals surface area contributed by atoms with E-state index in [9.17, 15) is 13.2 Å². The van der Waals surface area contributed by atoms with Crippen molar-refractivity contribution < 1.29 is 8.42 Å². The molecule has 3 aromatic rings. The van der Waals surface area contributed by atoms with Crippen LogP contribution in [0.3, 0.4) is 0 Å². The van der Waals surface area contributed by atoms with Crippen molar-refractivity contribution in [2.75, 3.05) is 0 Å². The van der Waals surface area contributed by atoms with Crippen molar-refractivity contribution in [2.24, 2.45) is 0 Å². The van der Waals surface area contributed by atoms with Gasteiger partial charge in [0.1, 0.15) is 10.3 Å². The molecular formula is C21H19BrN2O3S. The average molecular weight is 459 g/mol. The number of pyridine rings is 1. The monoisotopic (exact) mass is 458 g/mol. The van der Waals surface area contributed by atoms with E-state index >= 15 is 0 Å². The van der Waals surface area contributed by atoms with Crippen LogP contribution in [0.25, 0.3) is 10.9 Å². The Morgan fingerprint density at radius 1 is 1.14 bits per heavy atom. The van der Waals surface area contributed by atoms with E-state index in [2.05, 4.69) is 20.9 Å². The van der Waals surface area contributed by atoms with Crippen LogP contribution in [0.5, 0.6) is 0 Å². The van der Waals surface area contributed by atoms with Gasteiger partial charge in [0.05, 0.1) is 0 Å². The second-order valence-corrected chi connectivity index (χ2v) is 10.2. The molecule has 2 aromatic heterocycles. The molecule has 0 bridgehead atoms. The van der Waals surface area contributed by atoms with E-state index in [4.69, 9.17) is 0 Å². The quantitative estimate of drug-likeness (QED) is 0.635. The van der Waals surface area contributed by atoms with Crippen LogP contribution >= 0.6 is 15.9 Å². The van der Waals surface area contributed by atoms with Crippen molar-refractivity contribution in [3.05, 3.63) is 93.0 Å². The van der Waals surface area contributed by atoms with Gasteiger partial charge in [-0.3, -0.25) is 4.79 Å². The third kappa shape index (κ3) is 2.64. The van der Waals surface area contributed by atoms with Gasteiger partial charge < -0.3 is 4.98 Å². The number of nitrogens with zero attached hydrogens (tertiary/aromatic N) is 1. The average Bonchev–Trinajstić information content (AvgIpc) is 3.11. The molecule has 0 fully saturated rings. The minimum Gasteiger partial charge on any atom is -0.327 e. The lowest BCUT2D eigenvalue weighted by atomic mass is 9.79. The summed E-state index contributed by atoms with van der Waals surface area (Å²) in [5.41, 5.74) is 1.30. The van der Waals surface area contributed by atoms with Crippen LogP contribution in [0.1, 0.15) is 25.3 Å². The van der Waals surface area contributed by atoms with E-state index < -0.39 is 26.2 Å². The Hall–Kier alpha value is -2.38. The van der Waals surface area contributed by atoms with Crippen LogP contribution in [0.15, 0.2) is 81.9 Å². The maximum absolute atomic E-state index is 14.0. The number of H-pyrrole nitrogens is 1. The Morgan fingerprint density at radius 3 is 2.57 bits per heavy atom. The third-order valence-electron chi connectivity index (χ3n) is 5.59. The van der Waals surface area contributed by atoms with Crippen LogP contribution in [-0.4, -0.2) is 22.1 Å². The molecule has 1 aliphatic rings. The number of aromatic amines is 1. The first kappa shape index (κ1) is 19.0. The first-order valence-electron chi connectivity index (χ1n) is 8.82. The summed E-state index contributed by atoms with van der Waals surface area (Å²) in [5, 5.41) is 0.585. The van der Waals surface area contributed by atoms with Gasteiger partial charge in [0.25, 0.3) is 5.56 Å². The lowest BCUT2D eigenvalue weighted by Crippen LogP contribution is -2.46. The fraction of sp³-hybridized carbons (Fsp3) is 0.190. The van der Waals surface area contributed by atoms with Gasteiger partial charge in [-0.25, -0.2) is 12.4 Å². The maximum Gasteiger partial charge on any atom is 0.273 e. The second kappa shape index (κ2) is 6.60. The molecule has 1 N–H and O–H groups in total. The smallest absolute Gasteiger partial charge is 0.273 e. The van der Waals surface area contributed by atoms with Crippen LogP contribution in [0, 0.1) is 0 Å². The highest BCUT2D eigenvalue weighted by atomic mass is 79.9. The summed E-state index contributed by atoms with van der Waals surface area (Å²) in [4.78, 5) is 15.0. The lowest BCUT2D eigenvalue weighted by Gasteiger charge is -2.39. The molecule has 4 rings (SSSR count). The first-order valence-corrected chi connectivity index (χ1v) is 11.0. The van der Waals surface area contributed by atoms with Crippen molar-refractivity contribution >= 4 is 36.9 Å². The lowest BCUT2D eigenvalue weighted by molar-refractivity contribution is 0.525. The molecule has 0 radical (unpaired) electrons. The summed E-state index contributed by atoms with van der Waals surface area (Å²) in [6, 6.07) is 12.9. The molecule has 1 aliphatic carbocycles. The number of benzene rings is 1. The SMILES string of the molecule is CC1=CC(Br)=CC(c2ccccc2)C1(C)S(=O)(=O)n1ccc2cc[nH]c(=O)c21. The molecule has 0 aliphatic heterocycles. The number of halogens is 1. The summed E-state index contributed by atoms with van der Waals surface area (Å²) >= 11 is 3.51. The standard InChI is InChI=1S/C21H19BrN2O3S/c1-14-12-17(22)13-18(15-6-4-3-5-7-15)21(14,2)28(26,27)24-11-9-16-8-10-23-20(25)19(16)24/h3-13,18H,1-2H3,(H,23,25). The molecular weight excluding hydrogens is 440 g/mol. The summed E-state index contributed by atoms with van der Waals surface area (Å²) in [6.07, 6.45) is 6.72. The molecule has 0 spiro atoms. The van der Waals surface area contributed by atoms with E-state index in [0.717, 1.165) is 14.0 Å². The molecule has 144 valence electrons. The van der Waals surface area contributed by atoms with Crippen molar-refractivity contribution in [1.82, 2.24) is 8.96 Å². The van der Waals surface area contributed by atoms with Crippen LogP contribution in [-0.2, 0) is 10.0 Å². The summed E-state index contributed by atoms with van der Waals surface area (Å²) in [5.74, 6) is -0.418. The van der Waals surface area contributed by atoms with Crippen molar-refractivity contribution in [2.45, 2.75) is 24.5 Å². The first-order chi connectivity index (χ1) is 13.3. The van der Waals surface area contributed by atoms with Gasteiger partial charge in [0.2, 0.25) is 10.0 Å². The molecule has 0 amide bonds. The van der Waals surface area contributed by atoms with E-state index in [1.54, 1.807) is 19.1 Å². The minimum atomic E-state index is -3.97. The molecule has 5 nitrogen and oxygen atoms in total. The molecule has 2 atom stereocenters. The number of allylic oxidation sites excluding steroid dienone is 3. The Morgan fingerprint density at radius 2 is 1.86 bits per heavy atom. The summed E-state index contributed by atoms with van der Waals surface area (Å²) in [6.45, 7) is 3.54. The van der Waals surface area contributed by atoms with E-state index in [1.165, 1.54) is 12.4 Å². The maximum atomic E-state index is 14.0. The third-order valence-corrected chi connectivity index (χ3v) is 8.55. The molecule has 2 unspecified atom stereocenters. The molecule has 7 heteroatoms. The van der Waals surface area contributed by atoms with Crippen LogP contribution in [0.2, 0.25) is 0 Å². The van der Waals surface area contributed by atoms with Crippen LogP contribution in [0.4, 0.5) is 0 Å². The van der Waals surface area contributed by atoms with Gasteiger partial charge >= 0.3 is 0 Å². The van der Waals surface area contributed by atoms with Gasteiger partial charge in [-0.1, -0.05) is 52.3 Å². The largest absolute Gasteiger partial charge is 0.327 e. The molecule has 0 saturated heterocycles. The van der Waals surface area contributed by atoms with Crippen LogP contribution < -0.4 is 5.56 Å². The Labute approximate surface area is 171 Å². The van der Waals surface area contributed by atoms with E-state index in [0.29, 0.717) is 11.0 Å². The van der Waals surface area contributed by atoms with E-state index in [-0.39, 0.29) is 5.52 Å². The van der Waals surface area contributed by atoms with Gasteiger partial charge in [-0.15, -0.1) is 0 Å². The number of hydrogen-bond donors (Lipinski definition) is 1. The number of rotatable bonds is 3. The zero-order chi connectivity index (χ0) is 20.1. The zero-order valence-corrected chi connectivity index (χ0v) is 17.8. The second-order valence-electron chi connectivity index (χ2n) is 7.10. The van der Waals surface area contributed by atoms with Gasteiger partial charge in [-0.05, 0) is 43.2 Å². The van der Waals surface area contributed by atoms with Crippen molar-refractivity contribution in [1.29, 1.82) is 0 Å². The predicted octanol–water partition coefficient (Wildman–Crippen LogP) is 4.29. The van der Waals surface area contributed by atoms with Gasteiger partial charge in [0, 0.05) is 28.2 Å². The predicted molar refractivity (Wildman–Crippen MR) is 115 cm³/mol. The Kier molecular flexibility index (Phi) is 4.47. The number of fused-ring (bicyclic) bond motifs is 1. The molecule has 2 heterocycles. The highest BCUT2D eigenvalue weighted by Gasteiger charge is 2.50. The number of aromatic nitrogens is 2.